The average molecular weight is 400 g/mol. The highest BCUT2D eigenvalue weighted by Gasteiger charge is 2.11. The number of hydrogen-bond donors (Lipinski definition) is 1. The Morgan fingerprint density at radius 1 is 1.04 bits per heavy atom. The van der Waals surface area contributed by atoms with Crippen LogP contribution in [0.5, 0.6) is 11.6 Å². The molecule has 0 aliphatic rings. The lowest BCUT2D eigenvalue weighted by Crippen LogP contribution is -2.29. The highest BCUT2D eigenvalue weighted by Crippen LogP contribution is 2.34. The van der Waals surface area contributed by atoms with Gasteiger partial charge in [0.25, 0.3) is 11.8 Å². The molecule has 1 amide bonds. The van der Waals surface area contributed by atoms with Crippen LogP contribution in [0.1, 0.15) is 24.2 Å². The van der Waals surface area contributed by atoms with Crippen LogP contribution in [0.3, 0.4) is 0 Å². The van der Waals surface area contributed by atoms with Crippen molar-refractivity contribution in [3.05, 3.63) is 71.5 Å². The first kappa shape index (κ1) is 19.2. The molecule has 3 rings (SSSR count). The predicted molar refractivity (Wildman–Crippen MR) is 107 cm³/mol. The van der Waals surface area contributed by atoms with Crippen molar-refractivity contribution >= 4 is 29.3 Å². The summed E-state index contributed by atoms with van der Waals surface area (Å²) in [6.07, 6.45) is 3.19. The van der Waals surface area contributed by atoms with Gasteiger partial charge in [-0.05, 0) is 62.4 Å². The minimum absolute atomic E-state index is 0.0838. The molecular formula is C20H18ClN3O2S. The van der Waals surface area contributed by atoms with E-state index in [1.807, 2.05) is 38.1 Å². The SMILES string of the molecule is CC(C)NC(=O)c1ccc(Oc2nccnc2Sc2ccc(Cl)cc2)cc1. The van der Waals surface area contributed by atoms with Gasteiger partial charge in [-0.25, -0.2) is 9.97 Å². The molecule has 0 atom stereocenters. The second-order valence-electron chi connectivity index (χ2n) is 5.98. The number of aromatic nitrogens is 2. The van der Waals surface area contributed by atoms with Gasteiger partial charge < -0.3 is 10.1 Å². The second kappa shape index (κ2) is 8.88. The third-order valence-corrected chi connectivity index (χ3v) is 4.65. The molecule has 1 N–H and O–H groups in total. The monoisotopic (exact) mass is 399 g/mol. The van der Waals surface area contributed by atoms with E-state index in [0.717, 1.165) is 4.90 Å². The number of carbonyl (C=O) groups excluding carboxylic acids is 1. The zero-order valence-corrected chi connectivity index (χ0v) is 16.4. The molecule has 0 bridgehead atoms. The van der Waals surface area contributed by atoms with Crippen LogP contribution in [-0.4, -0.2) is 21.9 Å². The van der Waals surface area contributed by atoms with Crippen LogP contribution in [-0.2, 0) is 0 Å². The van der Waals surface area contributed by atoms with Crippen LogP contribution in [0.25, 0.3) is 0 Å². The van der Waals surface area contributed by atoms with Gasteiger partial charge in [-0.15, -0.1) is 0 Å². The molecular weight excluding hydrogens is 382 g/mol. The molecule has 0 aliphatic carbocycles. The van der Waals surface area contributed by atoms with Gasteiger partial charge in [0, 0.05) is 33.9 Å². The van der Waals surface area contributed by atoms with Gasteiger partial charge in [0.15, 0.2) is 5.03 Å². The van der Waals surface area contributed by atoms with E-state index < -0.39 is 0 Å². The molecule has 27 heavy (non-hydrogen) atoms. The van der Waals surface area contributed by atoms with Crippen LogP contribution in [0, 0.1) is 0 Å². The van der Waals surface area contributed by atoms with E-state index in [-0.39, 0.29) is 11.9 Å². The maximum Gasteiger partial charge on any atom is 0.252 e. The van der Waals surface area contributed by atoms with Gasteiger partial charge in [-0.1, -0.05) is 23.4 Å². The third kappa shape index (κ3) is 5.45. The summed E-state index contributed by atoms with van der Waals surface area (Å²) in [6.45, 7) is 3.84. The highest BCUT2D eigenvalue weighted by molar-refractivity contribution is 7.99. The summed E-state index contributed by atoms with van der Waals surface area (Å²) in [6, 6.07) is 14.5. The number of hydrogen-bond acceptors (Lipinski definition) is 5. The number of nitrogens with one attached hydrogen (secondary N) is 1. The topological polar surface area (TPSA) is 64.1 Å². The molecule has 2 aromatic carbocycles. The van der Waals surface area contributed by atoms with E-state index in [9.17, 15) is 4.79 Å². The summed E-state index contributed by atoms with van der Waals surface area (Å²) in [7, 11) is 0. The van der Waals surface area contributed by atoms with Crippen LogP contribution in [0.15, 0.2) is 70.8 Å². The summed E-state index contributed by atoms with van der Waals surface area (Å²) in [5.41, 5.74) is 0.575. The van der Waals surface area contributed by atoms with E-state index in [1.54, 1.807) is 36.7 Å². The smallest absolute Gasteiger partial charge is 0.252 e. The molecule has 0 radical (unpaired) electrons. The van der Waals surface area contributed by atoms with Crippen molar-refractivity contribution in [3.8, 4) is 11.6 Å². The van der Waals surface area contributed by atoms with Gasteiger partial charge in [-0.3, -0.25) is 4.79 Å². The number of benzene rings is 2. The molecule has 7 heteroatoms. The molecule has 138 valence electrons. The van der Waals surface area contributed by atoms with Crippen molar-refractivity contribution < 1.29 is 9.53 Å². The fraction of sp³-hybridized carbons (Fsp3) is 0.150. The summed E-state index contributed by atoms with van der Waals surface area (Å²) < 4.78 is 5.87. The Hall–Kier alpha value is -2.57. The summed E-state index contributed by atoms with van der Waals surface area (Å²) in [5, 5.41) is 4.17. The molecule has 0 saturated heterocycles. The zero-order chi connectivity index (χ0) is 19.2. The number of halogens is 1. The molecule has 3 aromatic rings. The maximum atomic E-state index is 12.0. The predicted octanol–water partition coefficient (Wildman–Crippen LogP) is 5.21. The quantitative estimate of drug-likeness (QED) is 0.616. The summed E-state index contributed by atoms with van der Waals surface area (Å²) in [4.78, 5) is 21.6. The van der Waals surface area contributed by atoms with Crippen LogP contribution in [0.2, 0.25) is 5.02 Å². The Morgan fingerprint density at radius 3 is 2.37 bits per heavy atom. The van der Waals surface area contributed by atoms with Gasteiger partial charge in [-0.2, -0.15) is 0 Å². The van der Waals surface area contributed by atoms with E-state index in [1.165, 1.54) is 11.8 Å². The minimum Gasteiger partial charge on any atom is -0.437 e. The molecule has 0 spiro atoms. The normalized spacial score (nSPS) is 10.7. The van der Waals surface area contributed by atoms with Gasteiger partial charge in [0.1, 0.15) is 5.75 Å². The zero-order valence-electron chi connectivity index (χ0n) is 14.8. The minimum atomic E-state index is -0.116. The molecule has 0 saturated carbocycles. The van der Waals surface area contributed by atoms with Gasteiger partial charge >= 0.3 is 0 Å². The lowest BCUT2D eigenvalue weighted by Gasteiger charge is -2.10. The Bertz CT molecular complexity index is 915. The van der Waals surface area contributed by atoms with Crippen molar-refractivity contribution in [2.45, 2.75) is 29.8 Å². The molecule has 0 fully saturated rings. The third-order valence-electron chi connectivity index (χ3n) is 3.41. The standard InChI is InChI=1S/C20H18ClN3O2S/c1-13(2)24-18(25)14-3-7-16(8-4-14)26-19-20(23-12-11-22-19)27-17-9-5-15(21)6-10-17/h3-13H,1-2H3,(H,24,25). The Balaban J connectivity index is 1.74. The number of carbonyl (C=O) groups is 1. The van der Waals surface area contributed by atoms with Crippen molar-refractivity contribution in [2.75, 3.05) is 0 Å². The summed E-state index contributed by atoms with van der Waals surface area (Å²) >= 11 is 7.36. The number of rotatable bonds is 6. The van der Waals surface area contributed by atoms with Gasteiger partial charge in [0.05, 0.1) is 0 Å². The lowest BCUT2D eigenvalue weighted by molar-refractivity contribution is 0.0943. The molecule has 1 heterocycles. The van der Waals surface area contributed by atoms with Crippen molar-refractivity contribution in [1.82, 2.24) is 15.3 Å². The van der Waals surface area contributed by atoms with E-state index in [0.29, 0.717) is 27.2 Å². The van der Waals surface area contributed by atoms with Crippen LogP contribution >= 0.6 is 23.4 Å². The van der Waals surface area contributed by atoms with Crippen molar-refractivity contribution in [2.24, 2.45) is 0 Å². The largest absolute Gasteiger partial charge is 0.437 e. The molecule has 0 unspecified atom stereocenters. The molecule has 5 nitrogen and oxygen atoms in total. The van der Waals surface area contributed by atoms with E-state index in [4.69, 9.17) is 16.3 Å². The van der Waals surface area contributed by atoms with Gasteiger partial charge in [0.2, 0.25) is 0 Å². The first-order chi connectivity index (χ1) is 13.0. The lowest BCUT2D eigenvalue weighted by atomic mass is 10.2. The van der Waals surface area contributed by atoms with Crippen LogP contribution < -0.4 is 10.1 Å². The average Bonchev–Trinajstić information content (AvgIpc) is 2.65. The fourth-order valence-corrected chi connectivity index (χ4v) is 3.11. The Kier molecular flexibility index (Phi) is 6.32. The Labute approximate surface area is 167 Å². The van der Waals surface area contributed by atoms with E-state index in [2.05, 4.69) is 15.3 Å². The highest BCUT2D eigenvalue weighted by atomic mass is 35.5. The maximum absolute atomic E-state index is 12.0. The molecule has 1 aromatic heterocycles. The fourth-order valence-electron chi connectivity index (χ4n) is 2.20. The first-order valence-corrected chi connectivity index (χ1v) is 9.54. The van der Waals surface area contributed by atoms with Crippen LogP contribution in [0.4, 0.5) is 0 Å². The first-order valence-electron chi connectivity index (χ1n) is 8.34. The summed E-state index contributed by atoms with van der Waals surface area (Å²) in [5.74, 6) is 0.862. The Morgan fingerprint density at radius 2 is 1.70 bits per heavy atom. The number of ether oxygens (including phenoxy) is 1. The van der Waals surface area contributed by atoms with Crippen molar-refractivity contribution in [3.63, 3.8) is 0 Å². The number of amides is 1. The second-order valence-corrected chi connectivity index (χ2v) is 7.48. The number of nitrogens with zero attached hydrogens (tertiary/aromatic N) is 2. The van der Waals surface area contributed by atoms with E-state index >= 15 is 0 Å². The van der Waals surface area contributed by atoms with Crippen molar-refractivity contribution in [1.29, 1.82) is 0 Å². The molecule has 0 aliphatic heterocycles.